The van der Waals surface area contributed by atoms with Gasteiger partial charge in [0.25, 0.3) is 0 Å². The lowest BCUT2D eigenvalue weighted by Gasteiger charge is -2.27. The van der Waals surface area contributed by atoms with E-state index in [1.807, 2.05) is 26.0 Å². The van der Waals surface area contributed by atoms with Crippen LogP contribution in [0.3, 0.4) is 0 Å². The lowest BCUT2D eigenvalue weighted by molar-refractivity contribution is -0.148. The highest BCUT2D eigenvalue weighted by Gasteiger charge is 2.45. The summed E-state index contributed by atoms with van der Waals surface area (Å²) < 4.78 is 5.66. The van der Waals surface area contributed by atoms with Gasteiger partial charge in [0.2, 0.25) is 0 Å². The first kappa shape index (κ1) is 14.1. The second-order valence-corrected chi connectivity index (χ2v) is 5.68. The topological polar surface area (TPSA) is 53.7 Å². The number of hydrogen-bond donors (Lipinski definition) is 1. The number of carboxylic acids is 1. The smallest absolute Gasteiger partial charge is 0.310 e. The van der Waals surface area contributed by atoms with Gasteiger partial charge in [0, 0.05) is 13.1 Å². The van der Waals surface area contributed by atoms with Gasteiger partial charge in [-0.1, -0.05) is 13.3 Å². The average molecular weight is 265 g/mol. The van der Waals surface area contributed by atoms with Crippen LogP contribution in [0.15, 0.2) is 16.5 Å². The first-order chi connectivity index (χ1) is 8.98. The second kappa shape index (κ2) is 5.37. The van der Waals surface area contributed by atoms with E-state index in [2.05, 4.69) is 11.8 Å². The largest absolute Gasteiger partial charge is 0.481 e. The van der Waals surface area contributed by atoms with Gasteiger partial charge in [-0.15, -0.1) is 0 Å². The Labute approximate surface area is 114 Å². The fraction of sp³-hybridized carbons (Fsp3) is 0.667. The van der Waals surface area contributed by atoms with Gasteiger partial charge in [0.15, 0.2) is 0 Å². The molecule has 1 N–H and O–H groups in total. The van der Waals surface area contributed by atoms with E-state index >= 15 is 0 Å². The summed E-state index contributed by atoms with van der Waals surface area (Å²) in [5, 5.41) is 9.52. The molecule has 4 nitrogen and oxygen atoms in total. The predicted octanol–water partition coefficient (Wildman–Crippen LogP) is 3.23. The summed E-state index contributed by atoms with van der Waals surface area (Å²) in [4.78, 5) is 13.8. The first-order valence-electron chi connectivity index (χ1n) is 7.02. The summed E-state index contributed by atoms with van der Waals surface area (Å²) in [5.41, 5.74) is -0.565. The molecule has 0 amide bonds. The molecule has 0 saturated carbocycles. The Morgan fingerprint density at radius 1 is 1.58 bits per heavy atom. The van der Waals surface area contributed by atoms with Crippen LogP contribution in [0, 0.1) is 12.3 Å². The van der Waals surface area contributed by atoms with Gasteiger partial charge in [0.05, 0.1) is 11.5 Å². The molecule has 0 aliphatic carbocycles. The third-order valence-electron chi connectivity index (χ3n) is 4.29. The summed E-state index contributed by atoms with van der Waals surface area (Å²) in [6, 6.07) is 4.09. The van der Waals surface area contributed by atoms with E-state index in [0.717, 1.165) is 37.3 Å². The molecular weight excluding hydrogens is 242 g/mol. The number of furan rings is 1. The van der Waals surface area contributed by atoms with Crippen LogP contribution in [0.1, 0.15) is 50.7 Å². The Morgan fingerprint density at radius 2 is 2.32 bits per heavy atom. The van der Waals surface area contributed by atoms with Crippen molar-refractivity contribution in [2.75, 3.05) is 13.1 Å². The average Bonchev–Trinajstić information content (AvgIpc) is 2.96. The van der Waals surface area contributed by atoms with Crippen molar-refractivity contribution in [1.29, 1.82) is 0 Å². The molecule has 2 heterocycles. The van der Waals surface area contributed by atoms with Crippen LogP contribution in [-0.2, 0) is 4.79 Å². The molecule has 1 aliphatic rings. The van der Waals surface area contributed by atoms with E-state index in [4.69, 9.17) is 4.42 Å². The van der Waals surface area contributed by atoms with E-state index in [-0.39, 0.29) is 6.04 Å². The van der Waals surface area contributed by atoms with Crippen LogP contribution in [-0.4, -0.2) is 29.1 Å². The lowest BCUT2D eigenvalue weighted by Crippen LogP contribution is -2.35. The van der Waals surface area contributed by atoms with Crippen LogP contribution in [0.2, 0.25) is 0 Å². The fourth-order valence-electron chi connectivity index (χ4n) is 3.06. The molecule has 0 bridgehead atoms. The number of hydrogen-bond acceptors (Lipinski definition) is 3. The summed E-state index contributed by atoms with van der Waals surface area (Å²) in [6.45, 7) is 7.51. The summed E-state index contributed by atoms with van der Waals surface area (Å²) in [6.07, 6.45) is 2.40. The minimum Gasteiger partial charge on any atom is -0.481 e. The van der Waals surface area contributed by atoms with Crippen LogP contribution < -0.4 is 0 Å². The highest BCUT2D eigenvalue weighted by Crippen LogP contribution is 2.39. The van der Waals surface area contributed by atoms with Crippen molar-refractivity contribution >= 4 is 5.97 Å². The molecule has 1 saturated heterocycles. The molecule has 2 rings (SSSR count). The zero-order chi connectivity index (χ0) is 14.0. The lowest BCUT2D eigenvalue weighted by atomic mass is 9.83. The van der Waals surface area contributed by atoms with Crippen molar-refractivity contribution in [3.63, 3.8) is 0 Å². The number of carbonyl (C=O) groups is 1. The van der Waals surface area contributed by atoms with E-state index < -0.39 is 11.4 Å². The second-order valence-electron chi connectivity index (χ2n) is 5.68. The Kier molecular flexibility index (Phi) is 3.99. The van der Waals surface area contributed by atoms with Crippen LogP contribution in [0.4, 0.5) is 0 Å². The van der Waals surface area contributed by atoms with Crippen molar-refractivity contribution in [3.8, 4) is 0 Å². The van der Waals surface area contributed by atoms with Crippen molar-refractivity contribution in [3.05, 3.63) is 23.7 Å². The van der Waals surface area contributed by atoms with Crippen LogP contribution in [0.5, 0.6) is 0 Å². The molecule has 0 aromatic carbocycles. The zero-order valence-corrected chi connectivity index (χ0v) is 12.0. The van der Waals surface area contributed by atoms with Gasteiger partial charge in [-0.2, -0.15) is 0 Å². The highest BCUT2D eigenvalue weighted by atomic mass is 16.4. The molecule has 1 fully saturated rings. The summed E-state index contributed by atoms with van der Waals surface area (Å²) >= 11 is 0. The number of likely N-dealkylation sites (tertiary alicyclic amines) is 1. The Hall–Kier alpha value is -1.29. The Bertz CT molecular complexity index is 454. The van der Waals surface area contributed by atoms with Gasteiger partial charge >= 0.3 is 5.97 Å². The molecule has 4 heteroatoms. The maximum atomic E-state index is 11.6. The zero-order valence-electron chi connectivity index (χ0n) is 12.0. The van der Waals surface area contributed by atoms with Gasteiger partial charge in [-0.05, 0) is 38.8 Å². The molecule has 1 aromatic heterocycles. The van der Waals surface area contributed by atoms with Crippen molar-refractivity contribution in [2.24, 2.45) is 5.41 Å². The molecule has 0 radical (unpaired) electrons. The summed E-state index contributed by atoms with van der Waals surface area (Å²) in [5.74, 6) is 1.17. The standard InChI is InChI=1S/C15H23NO3/c1-4-7-15(14(17)18)8-9-16(10-15)12(3)13-6-5-11(2)19-13/h5-6,12H,4,7-10H2,1-3H3,(H,17,18). The van der Waals surface area contributed by atoms with Crippen LogP contribution in [0.25, 0.3) is 0 Å². The Morgan fingerprint density at radius 3 is 2.84 bits per heavy atom. The number of nitrogens with zero attached hydrogens (tertiary/aromatic N) is 1. The molecule has 2 atom stereocenters. The summed E-state index contributed by atoms with van der Waals surface area (Å²) in [7, 11) is 0. The predicted molar refractivity (Wildman–Crippen MR) is 73.0 cm³/mol. The van der Waals surface area contributed by atoms with Crippen molar-refractivity contribution in [2.45, 2.75) is 46.1 Å². The maximum absolute atomic E-state index is 11.6. The van der Waals surface area contributed by atoms with Crippen LogP contribution >= 0.6 is 0 Å². The molecule has 1 aromatic rings. The minimum absolute atomic E-state index is 0.145. The molecule has 19 heavy (non-hydrogen) atoms. The number of carboxylic acid groups (broad SMARTS) is 1. The first-order valence-corrected chi connectivity index (χ1v) is 7.02. The molecule has 1 aliphatic heterocycles. The quantitative estimate of drug-likeness (QED) is 0.888. The number of rotatable bonds is 5. The van der Waals surface area contributed by atoms with E-state index in [1.165, 1.54) is 0 Å². The molecule has 106 valence electrons. The maximum Gasteiger partial charge on any atom is 0.310 e. The SMILES string of the molecule is CCCC1(C(=O)O)CCN(C(C)c2ccc(C)o2)C1. The van der Waals surface area contributed by atoms with E-state index in [9.17, 15) is 9.90 Å². The van der Waals surface area contributed by atoms with Gasteiger partial charge in [-0.3, -0.25) is 9.69 Å². The number of aryl methyl sites for hydroxylation is 1. The fourth-order valence-corrected chi connectivity index (χ4v) is 3.06. The van der Waals surface area contributed by atoms with Crippen molar-refractivity contribution < 1.29 is 14.3 Å². The van der Waals surface area contributed by atoms with E-state index in [0.29, 0.717) is 6.54 Å². The van der Waals surface area contributed by atoms with Gasteiger partial charge < -0.3 is 9.52 Å². The number of aliphatic carboxylic acids is 1. The van der Waals surface area contributed by atoms with E-state index in [1.54, 1.807) is 0 Å². The molecule has 0 spiro atoms. The minimum atomic E-state index is -0.653. The van der Waals surface area contributed by atoms with Gasteiger partial charge in [-0.25, -0.2) is 0 Å². The normalized spacial score (nSPS) is 25.6. The third kappa shape index (κ3) is 2.68. The Balaban J connectivity index is 2.10. The highest BCUT2D eigenvalue weighted by molar-refractivity contribution is 5.75. The van der Waals surface area contributed by atoms with Gasteiger partial charge in [0.1, 0.15) is 11.5 Å². The monoisotopic (exact) mass is 265 g/mol. The van der Waals surface area contributed by atoms with Crippen molar-refractivity contribution in [1.82, 2.24) is 4.90 Å². The third-order valence-corrected chi connectivity index (χ3v) is 4.29. The molecular formula is C15H23NO3. The molecule has 2 unspecified atom stereocenters.